The first kappa shape index (κ1) is 14.9. The van der Waals surface area contributed by atoms with E-state index in [0.717, 1.165) is 18.7 Å². The van der Waals surface area contributed by atoms with E-state index in [1.54, 1.807) is 12.1 Å². The minimum Gasteiger partial charge on any atom is -0.370 e. The Morgan fingerprint density at radius 1 is 1.19 bits per heavy atom. The number of pyridine rings is 1. The van der Waals surface area contributed by atoms with Gasteiger partial charge in [0, 0.05) is 19.3 Å². The molecule has 0 unspecified atom stereocenters. The van der Waals surface area contributed by atoms with Crippen molar-refractivity contribution in [3.8, 4) is 0 Å². The van der Waals surface area contributed by atoms with Crippen LogP contribution in [0.25, 0.3) is 0 Å². The van der Waals surface area contributed by atoms with E-state index in [4.69, 9.17) is 0 Å². The van der Waals surface area contributed by atoms with Crippen LogP contribution in [-0.4, -0.2) is 17.4 Å². The predicted octanol–water partition coefficient (Wildman–Crippen LogP) is 2.72. The van der Waals surface area contributed by atoms with Gasteiger partial charge in [-0.15, -0.1) is 0 Å². The molecule has 2 N–H and O–H groups in total. The molecule has 6 heteroatoms. The van der Waals surface area contributed by atoms with Gasteiger partial charge in [0.1, 0.15) is 5.82 Å². The van der Waals surface area contributed by atoms with Crippen LogP contribution in [0.2, 0.25) is 0 Å². The van der Waals surface area contributed by atoms with Gasteiger partial charge in [0.05, 0.1) is 5.56 Å². The fourth-order valence-electron chi connectivity index (χ4n) is 1.75. The zero-order valence-electron chi connectivity index (χ0n) is 11.5. The van der Waals surface area contributed by atoms with Gasteiger partial charge in [0.25, 0.3) is 5.91 Å². The molecule has 2 rings (SSSR count). The van der Waals surface area contributed by atoms with E-state index >= 15 is 0 Å². The van der Waals surface area contributed by atoms with Crippen LogP contribution in [0.15, 0.2) is 36.5 Å². The third-order valence-electron chi connectivity index (χ3n) is 2.82. The van der Waals surface area contributed by atoms with Crippen molar-refractivity contribution >= 4 is 11.7 Å². The molecular weight excluding hydrogens is 276 g/mol. The van der Waals surface area contributed by atoms with Crippen LogP contribution in [0.3, 0.4) is 0 Å². The summed E-state index contributed by atoms with van der Waals surface area (Å²) in [5, 5.41) is 5.65. The minimum atomic E-state index is -0.932. The van der Waals surface area contributed by atoms with E-state index in [-0.39, 0.29) is 12.5 Å². The first-order valence-electron chi connectivity index (χ1n) is 6.52. The van der Waals surface area contributed by atoms with Crippen LogP contribution in [-0.2, 0) is 6.54 Å². The Hall–Kier alpha value is -2.50. The van der Waals surface area contributed by atoms with Gasteiger partial charge in [-0.1, -0.05) is 6.07 Å². The van der Waals surface area contributed by atoms with E-state index in [9.17, 15) is 13.6 Å². The Kier molecular flexibility index (Phi) is 4.81. The van der Waals surface area contributed by atoms with E-state index in [0.29, 0.717) is 16.9 Å². The Balaban J connectivity index is 1.96. The number of hydrogen-bond acceptors (Lipinski definition) is 3. The summed E-state index contributed by atoms with van der Waals surface area (Å²) in [7, 11) is 0. The second-order valence-corrected chi connectivity index (χ2v) is 4.39. The molecule has 0 saturated carbocycles. The van der Waals surface area contributed by atoms with Crippen molar-refractivity contribution in [2.45, 2.75) is 13.5 Å². The number of nitrogens with one attached hydrogen (secondary N) is 2. The zero-order chi connectivity index (χ0) is 15.2. The highest BCUT2D eigenvalue weighted by molar-refractivity contribution is 5.93. The Labute approximate surface area is 121 Å². The van der Waals surface area contributed by atoms with Gasteiger partial charge in [0.2, 0.25) is 0 Å². The van der Waals surface area contributed by atoms with Gasteiger partial charge in [-0.05, 0) is 36.8 Å². The molecule has 0 aliphatic heterocycles. The molecule has 1 amide bonds. The average Bonchev–Trinajstić information content (AvgIpc) is 2.49. The maximum absolute atomic E-state index is 13.0. The lowest BCUT2D eigenvalue weighted by atomic mass is 10.2. The average molecular weight is 291 g/mol. The first-order chi connectivity index (χ1) is 10.1. The topological polar surface area (TPSA) is 54.0 Å². The largest absolute Gasteiger partial charge is 0.370 e. The summed E-state index contributed by atoms with van der Waals surface area (Å²) >= 11 is 0. The third kappa shape index (κ3) is 3.98. The summed E-state index contributed by atoms with van der Waals surface area (Å²) in [6.07, 6.45) is 1.46. The lowest BCUT2D eigenvalue weighted by Crippen LogP contribution is -2.23. The van der Waals surface area contributed by atoms with Crippen molar-refractivity contribution in [1.82, 2.24) is 10.3 Å². The standard InChI is InChI=1S/C15H15F2N3O/c1-2-18-14-6-4-11(9-19-14)15(21)20-8-10-3-5-12(16)13(17)7-10/h3-7,9H,2,8H2,1H3,(H,18,19)(H,20,21). The summed E-state index contributed by atoms with van der Waals surface area (Å²) in [6, 6.07) is 6.86. The van der Waals surface area contributed by atoms with E-state index in [2.05, 4.69) is 15.6 Å². The van der Waals surface area contributed by atoms with Gasteiger partial charge < -0.3 is 10.6 Å². The molecule has 0 spiro atoms. The number of hydrogen-bond donors (Lipinski definition) is 2. The number of amides is 1. The zero-order valence-corrected chi connectivity index (χ0v) is 11.5. The van der Waals surface area contributed by atoms with Gasteiger partial charge in [-0.25, -0.2) is 13.8 Å². The minimum absolute atomic E-state index is 0.116. The SMILES string of the molecule is CCNc1ccc(C(=O)NCc2ccc(F)c(F)c2)cn1. The lowest BCUT2D eigenvalue weighted by Gasteiger charge is -2.07. The Morgan fingerprint density at radius 3 is 2.62 bits per heavy atom. The van der Waals surface area contributed by atoms with Crippen molar-refractivity contribution in [2.75, 3.05) is 11.9 Å². The monoisotopic (exact) mass is 291 g/mol. The molecule has 0 aliphatic rings. The van der Waals surface area contributed by atoms with E-state index in [1.807, 2.05) is 6.92 Å². The number of anilines is 1. The summed E-state index contributed by atoms with van der Waals surface area (Å²) in [5.41, 5.74) is 0.888. The molecule has 0 saturated heterocycles. The second kappa shape index (κ2) is 6.78. The van der Waals surface area contributed by atoms with Crippen molar-refractivity contribution in [3.05, 3.63) is 59.3 Å². The number of nitrogens with zero attached hydrogens (tertiary/aromatic N) is 1. The van der Waals surface area contributed by atoms with Crippen molar-refractivity contribution < 1.29 is 13.6 Å². The molecule has 21 heavy (non-hydrogen) atoms. The van der Waals surface area contributed by atoms with Crippen LogP contribution in [0.4, 0.5) is 14.6 Å². The maximum atomic E-state index is 13.0. The number of halogens is 2. The molecule has 0 radical (unpaired) electrons. The van der Waals surface area contributed by atoms with Crippen LogP contribution in [0.1, 0.15) is 22.8 Å². The van der Waals surface area contributed by atoms with Crippen molar-refractivity contribution in [3.63, 3.8) is 0 Å². The summed E-state index contributed by atoms with van der Waals surface area (Å²) < 4.78 is 25.8. The van der Waals surface area contributed by atoms with Gasteiger partial charge >= 0.3 is 0 Å². The van der Waals surface area contributed by atoms with Crippen LogP contribution >= 0.6 is 0 Å². The van der Waals surface area contributed by atoms with E-state index in [1.165, 1.54) is 12.3 Å². The lowest BCUT2D eigenvalue weighted by molar-refractivity contribution is 0.0950. The Morgan fingerprint density at radius 2 is 2.00 bits per heavy atom. The highest BCUT2D eigenvalue weighted by atomic mass is 19.2. The first-order valence-corrected chi connectivity index (χ1v) is 6.52. The molecule has 110 valence electrons. The summed E-state index contributed by atoms with van der Waals surface area (Å²) in [4.78, 5) is 16.0. The number of carbonyl (C=O) groups excluding carboxylic acids is 1. The van der Waals surface area contributed by atoms with Crippen molar-refractivity contribution in [2.24, 2.45) is 0 Å². The van der Waals surface area contributed by atoms with Gasteiger partial charge in [-0.2, -0.15) is 0 Å². The fourth-order valence-corrected chi connectivity index (χ4v) is 1.75. The molecule has 0 atom stereocenters. The maximum Gasteiger partial charge on any atom is 0.253 e. The molecule has 1 aromatic heterocycles. The van der Waals surface area contributed by atoms with Gasteiger partial charge in [0.15, 0.2) is 11.6 Å². The third-order valence-corrected chi connectivity index (χ3v) is 2.82. The molecule has 4 nitrogen and oxygen atoms in total. The molecule has 1 aromatic carbocycles. The predicted molar refractivity (Wildman–Crippen MR) is 75.9 cm³/mol. The number of benzene rings is 1. The number of aromatic nitrogens is 1. The van der Waals surface area contributed by atoms with Crippen LogP contribution in [0.5, 0.6) is 0 Å². The molecular formula is C15H15F2N3O. The smallest absolute Gasteiger partial charge is 0.253 e. The summed E-state index contributed by atoms with van der Waals surface area (Å²) in [5.74, 6) is -1.48. The highest BCUT2D eigenvalue weighted by Crippen LogP contribution is 2.09. The van der Waals surface area contributed by atoms with Gasteiger partial charge in [-0.3, -0.25) is 4.79 Å². The molecule has 1 heterocycles. The fraction of sp³-hybridized carbons (Fsp3) is 0.200. The molecule has 2 aromatic rings. The number of carbonyl (C=O) groups is 1. The quantitative estimate of drug-likeness (QED) is 0.890. The van der Waals surface area contributed by atoms with E-state index < -0.39 is 11.6 Å². The molecule has 0 bridgehead atoms. The van der Waals surface area contributed by atoms with Crippen LogP contribution in [0, 0.1) is 11.6 Å². The molecule has 0 aliphatic carbocycles. The van der Waals surface area contributed by atoms with Crippen LogP contribution < -0.4 is 10.6 Å². The highest BCUT2D eigenvalue weighted by Gasteiger charge is 2.07. The normalized spacial score (nSPS) is 10.2. The summed E-state index contributed by atoms with van der Waals surface area (Å²) in [6.45, 7) is 2.81. The molecule has 0 fully saturated rings. The number of rotatable bonds is 5. The second-order valence-electron chi connectivity index (χ2n) is 4.39. The Bertz CT molecular complexity index is 629. The van der Waals surface area contributed by atoms with Crippen molar-refractivity contribution in [1.29, 1.82) is 0 Å².